The van der Waals surface area contributed by atoms with E-state index in [2.05, 4.69) is 10.2 Å². The lowest BCUT2D eigenvalue weighted by atomic mass is 10.2. The third kappa shape index (κ3) is 3.52. The molecule has 1 aromatic heterocycles. The van der Waals surface area contributed by atoms with E-state index in [1.165, 1.54) is 12.1 Å². The van der Waals surface area contributed by atoms with Gasteiger partial charge in [-0.3, -0.25) is 20.2 Å². The molecule has 11 heteroatoms. The maximum atomic E-state index is 11.0. The number of hydrogen-bond acceptors (Lipinski definition) is 9. The fraction of sp³-hybridized carbons (Fsp3) is 0.200. The summed E-state index contributed by atoms with van der Waals surface area (Å²) < 4.78 is 5.15. The molecular formula is C10H9N5O5S. The molecule has 2 aromatic rings. The Balaban J connectivity index is 2.19. The second-order valence-corrected chi connectivity index (χ2v) is 4.71. The first-order chi connectivity index (χ1) is 10.0. The molecule has 21 heavy (non-hydrogen) atoms. The average Bonchev–Trinajstić information content (AvgIpc) is 2.92. The molecule has 0 fully saturated rings. The molecule has 0 aliphatic rings. The van der Waals surface area contributed by atoms with Crippen LogP contribution < -0.4 is 5.73 Å². The summed E-state index contributed by atoms with van der Waals surface area (Å²) in [7, 11) is 0. The first kappa shape index (κ1) is 14.9. The highest BCUT2D eigenvalue weighted by Gasteiger charge is 2.20. The monoisotopic (exact) mass is 311 g/mol. The van der Waals surface area contributed by atoms with Crippen molar-refractivity contribution in [1.82, 2.24) is 10.2 Å². The van der Waals surface area contributed by atoms with Gasteiger partial charge >= 0.3 is 0 Å². The number of thioether (sulfide) groups is 1. The predicted octanol–water partition coefficient (Wildman–Crippen LogP) is 1.64. The molecule has 2 N–H and O–H groups in total. The number of nitrogens with two attached hydrogens (primary N) is 1. The van der Waals surface area contributed by atoms with Gasteiger partial charge in [0.15, 0.2) is 0 Å². The third-order valence-corrected chi connectivity index (χ3v) is 3.32. The predicted molar refractivity (Wildman–Crippen MR) is 71.5 cm³/mol. The van der Waals surface area contributed by atoms with Crippen LogP contribution in [-0.4, -0.2) is 20.0 Å². The van der Waals surface area contributed by atoms with Crippen LogP contribution in [0.1, 0.15) is 11.5 Å². The van der Waals surface area contributed by atoms with Crippen LogP contribution in [0.3, 0.4) is 0 Å². The average molecular weight is 311 g/mol. The van der Waals surface area contributed by atoms with Crippen molar-refractivity contribution in [3.8, 4) is 0 Å². The summed E-state index contributed by atoms with van der Waals surface area (Å²) in [5.41, 5.74) is 4.98. The van der Waals surface area contributed by atoms with E-state index in [-0.39, 0.29) is 34.8 Å². The second-order valence-electron chi connectivity index (χ2n) is 3.78. The number of aromatic nitrogens is 2. The lowest BCUT2D eigenvalue weighted by Crippen LogP contribution is -1.97. The van der Waals surface area contributed by atoms with E-state index in [4.69, 9.17) is 10.2 Å². The summed E-state index contributed by atoms with van der Waals surface area (Å²) in [5.74, 6) is 0.427. The maximum absolute atomic E-state index is 11.0. The fourth-order valence-corrected chi connectivity index (χ4v) is 2.25. The van der Waals surface area contributed by atoms with Gasteiger partial charge in [-0.15, -0.1) is 10.2 Å². The molecule has 0 radical (unpaired) electrons. The Labute approximate surface area is 121 Å². The molecule has 1 heterocycles. The van der Waals surface area contributed by atoms with Crippen molar-refractivity contribution in [3.63, 3.8) is 0 Å². The molecule has 0 amide bonds. The molecule has 1 aromatic carbocycles. The van der Waals surface area contributed by atoms with Crippen LogP contribution in [0.4, 0.5) is 11.4 Å². The molecular weight excluding hydrogens is 302 g/mol. The topological polar surface area (TPSA) is 151 Å². The number of hydrogen-bond donors (Lipinski definition) is 1. The van der Waals surface area contributed by atoms with E-state index in [1.807, 2.05) is 0 Å². The SMILES string of the molecule is NCc1nnc(SCc2ccc([N+](=O)[O-])cc2[N+](=O)[O-])o1. The molecule has 0 aliphatic carbocycles. The van der Waals surface area contributed by atoms with Gasteiger partial charge in [0.1, 0.15) is 0 Å². The van der Waals surface area contributed by atoms with Gasteiger partial charge in [0.25, 0.3) is 16.6 Å². The number of nitro benzene ring substituents is 2. The van der Waals surface area contributed by atoms with Crippen LogP contribution >= 0.6 is 11.8 Å². The van der Waals surface area contributed by atoms with Crippen LogP contribution in [0, 0.1) is 20.2 Å². The number of benzene rings is 1. The zero-order valence-corrected chi connectivity index (χ0v) is 11.3. The number of nitrogens with zero attached hydrogens (tertiary/aromatic N) is 4. The summed E-state index contributed by atoms with van der Waals surface area (Å²) in [6, 6.07) is 3.47. The molecule has 0 bridgehead atoms. The second kappa shape index (κ2) is 6.28. The smallest absolute Gasteiger partial charge is 0.280 e. The zero-order valence-electron chi connectivity index (χ0n) is 10.5. The highest BCUT2D eigenvalue weighted by molar-refractivity contribution is 7.98. The number of rotatable bonds is 6. The molecule has 2 rings (SSSR count). The van der Waals surface area contributed by atoms with Gasteiger partial charge in [0.05, 0.1) is 22.5 Å². The molecule has 0 atom stereocenters. The van der Waals surface area contributed by atoms with Gasteiger partial charge in [-0.25, -0.2) is 0 Å². The van der Waals surface area contributed by atoms with Gasteiger partial charge in [0.2, 0.25) is 5.89 Å². The molecule has 110 valence electrons. The lowest BCUT2D eigenvalue weighted by Gasteiger charge is -2.01. The van der Waals surface area contributed by atoms with Crippen LogP contribution in [0.2, 0.25) is 0 Å². The molecule has 0 spiro atoms. The van der Waals surface area contributed by atoms with Crippen molar-refractivity contribution in [3.05, 3.63) is 49.9 Å². The maximum Gasteiger partial charge on any atom is 0.280 e. The number of non-ortho nitro benzene ring substituents is 1. The quantitative estimate of drug-likeness (QED) is 0.476. The van der Waals surface area contributed by atoms with Gasteiger partial charge in [-0.1, -0.05) is 11.8 Å². The van der Waals surface area contributed by atoms with Gasteiger partial charge in [0, 0.05) is 17.4 Å². The Kier molecular flexibility index (Phi) is 4.45. The molecule has 0 unspecified atom stereocenters. The van der Waals surface area contributed by atoms with E-state index in [0.29, 0.717) is 5.56 Å². The summed E-state index contributed by atoms with van der Waals surface area (Å²) >= 11 is 1.09. The highest BCUT2D eigenvalue weighted by atomic mass is 32.2. The van der Waals surface area contributed by atoms with Crippen molar-refractivity contribution in [1.29, 1.82) is 0 Å². The van der Waals surface area contributed by atoms with Crippen molar-refractivity contribution >= 4 is 23.1 Å². The van der Waals surface area contributed by atoms with E-state index in [0.717, 1.165) is 17.8 Å². The fourth-order valence-electron chi connectivity index (χ4n) is 1.48. The molecule has 0 saturated heterocycles. The zero-order chi connectivity index (χ0) is 15.4. The van der Waals surface area contributed by atoms with E-state index < -0.39 is 9.85 Å². The summed E-state index contributed by atoms with van der Waals surface area (Å²) in [4.78, 5) is 20.2. The summed E-state index contributed by atoms with van der Waals surface area (Å²) in [6.07, 6.45) is 0. The Morgan fingerprint density at radius 3 is 2.57 bits per heavy atom. The van der Waals surface area contributed by atoms with Crippen LogP contribution in [0.5, 0.6) is 0 Å². The standard InChI is InChI=1S/C10H9N5O5S/c11-4-9-12-13-10(20-9)21-5-6-1-2-7(14(16)17)3-8(6)15(18)19/h1-3H,4-5,11H2. The minimum absolute atomic E-state index is 0.102. The number of nitro groups is 2. The first-order valence-corrected chi connectivity index (χ1v) is 6.56. The highest BCUT2D eigenvalue weighted by Crippen LogP contribution is 2.30. The van der Waals surface area contributed by atoms with Crippen molar-refractivity contribution in [2.45, 2.75) is 17.5 Å². The molecule has 10 nitrogen and oxygen atoms in total. The first-order valence-electron chi connectivity index (χ1n) is 5.58. The third-order valence-electron chi connectivity index (χ3n) is 2.45. The Morgan fingerprint density at radius 1 is 1.24 bits per heavy atom. The van der Waals surface area contributed by atoms with Crippen molar-refractivity contribution in [2.75, 3.05) is 0 Å². The Hall–Kier alpha value is -2.53. The lowest BCUT2D eigenvalue weighted by molar-refractivity contribution is -0.394. The van der Waals surface area contributed by atoms with Gasteiger partial charge in [-0.05, 0) is 6.07 Å². The minimum atomic E-state index is -0.685. The van der Waals surface area contributed by atoms with E-state index >= 15 is 0 Å². The van der Waals surface area contributed by atoms with E-state index in [9.17, 15) is 20.2 Å². The normalized spacial score (nSPS) is 10.5. The molecule has 0 aliphatic heterocycles. The Morgan fingerprint density at radius 2 is 2.00 bits per heavy atom. The van der Waals surface area contributed by atoms with Crippen molar-refractivity contribution < 1.29 is 14.3 Å². The largest absolute Gasteiger partial charge is 0.415 e. The van der Waals surface area contributed by atoms with Crippen LogP contribution in [0.25, 0.3) is 0 Å². The van der Waals surface area contributed by atoms with E-state index in [1.54, 1.807) is 0 Å². The van der Waals surface area contributed by atoms with Crippen LogP contribution in [0.15, 0.2) is 27.8 Å². The summed E-state index contributed by atoms with van der Waals surface area (Å²) in [6.45, 7) is 0.102. The van der Waals surface area contributed by atoms with Crippen LogP contribution in [-0.2, 0) is 12.3 Å². The van der Waals surface area contributed by atoms with Gasteiger partial charge in [-0.2, -0.15) is 0 Å². The van der Waals surface area contributed by atoms with Gasteiger partial charge < -0.3 is 10.2 Å². The van der Waals surface area contributed by atoms with Crippen molar-refractivity contribution in [2.24, 2.45) is 5.73 Å². The molecule has 0 saturated carbocycles. The summed E-state index contributed by atoms with van der Waals surface area (Å²) in [5, 5.41) is 29.2. The Bertz CT molecular complexity index is 688. The minimum Gasteiger partial charge on any atom is -0.415 e.